The zero-order chi connectivity index (χ0) is 18.6. The third-order valence-corrected chi connectivity index (χ3v) is 5.92. The fraction of sp³-hybridized carbons (Fsp3) is 0.353. The van der Waals surface area contributed by atoms with Crippen LogP contribution in [0.5, 0.6) is 0 Å². The van der Waals surface area contributed by atoms with Crippen molar-refractivity contribution in [1.29, 1.82) is 0 Å². The van der Waals surface area contributed by atoms with E-state index in [4.69, 9.17) is 16.1 Å². The molecule has 0 fully saturated rings. The van der Waals surface area contributed by atoms with Crippen LogP contribution < -0.4 is 0 Å². The lowest BCUT2D eigenvalue weighted by Gasteiger charge is -2.17. The number of benzene rings is 1. The number of halogens is 1. The first kappa shape index (κ1) is 19.5. The van der Waals surface area contributed by atoms with E-state index in [1.54, 1.807) is 43.3 Å². The van der Waals surface area contributed by atoms with Gasteiger partial charge in [0.1, 0.15) is 5.69 Å². The Morgan fingerprint density at radius 2 is 1.84 bits per heavy atom. The van der Waals surface area contributed by atoms with E-state index in [9.17, 15) is 8.42 Å². The average molecular weight is 384 g/mol. The first-order chi connectivity index (χ1) is 11.7. The van der Waals surface area contributed by atoms with Gasteiger partial charge in [0, 0.05) is 45.0 Å². The lowest BCUT2D eigenvalue weighted by atomic mass is 10.1. The first-order valence-electron chi connectivity index (χ1n) is 7.73. The van der Waals surface area contributed by atoms with Gasteiger partial charge in [-0.25, -0.2) is 12.7 Å². The zero-order valence-electron chi connectivity index (χ0n) is 14.7. The molecule has 25 heavy (non-hydrogen) atoms. The monoisotopic (exact) mass is 383 g/mol. The van der Waals surface area contributed by atoms with E-state index in [2.05, 4.69) is 5.16 Å². The molecule has 136 valence electrons. The smallest absolute Gasteiger partial charge is 0.248 e. The summed E-state index contributed by atoms with van der Waals surface area (Å²) in [6.45, 7) is 1.96. The Labute approximate surface area is 153 Å². The molecule has 0 atom stereocenters. The average Bonchev–Trinajstić information content (AvgIpc) is 2.93. The summed E-state index contributed by atoms with van der Waals surface area (Å²) in [7, 11) is 1.53. The Morgan fingerprint density at radius 1 is 1.20 bits per heavy atom. The van der Waals surface area contributed by atoms with E-state index in [1.165, 1.54) is 4.31 Å². The number of rotatable bonds is 7. The van der Waals surface area contributed by atoms with Crippen molar-refractivity contribution in [3.05, 3.63) is 52.5 Å². The molecule has 0 N–H and O–H groups in total. The van der Waals surface area contributed by atoms with Crippen LogP contribution in [0.1, 0.15) is 17.0 Å². The summed E-state index contributed by atoms with van der Waals surface area (Å²) in [6.07, 6.45) is 3.90. The van der Waals surface area contributed by atoms with Gasteiger partial charge in [-0.05, 0) is 31.0 Å². The zero-order valence-corrected chi connectivity index (χ0v) is 16.3. The Bertz CT molecular complexity index is 843. The van der Waals surface area contributed by atoms with Gasteiger partial charge in [-0.15, -0.1) is 0 Å². The third kappa shape index (κ3) is 4.84. The highest BCUT2D eigenvalue weighted by Crippen LogP contribution is 2.24. The fourth-order valence-corrected chi connectivity index (χ4v) is 3.77. The molecule has 2 rings (SSSR count). The van der Waals surface area contributed by atoms with E-state index in [0.717, 1.165) is 5.56 Å². The second kappa shape index (κ2) is 8.03. The van der Waals surface area contributed by atoms with Crippen LogP contribution in [0.2, 0.25) is 5.02 Å². The highest BCUT2D eigenvalue weighted by atomic mass is 35.5. The molecule has 1 aromatic heterocycles. The molecule has 8 heteroatoms. The van der Waals surface area contributed by atoms with Gasteiger partial charge in [0.2, 0.25) is 10.0 Å². The topological polar surface area (TPSA) is 66.7 Å². The van der Waals surface area contributed by atoms with Crippen molar-refractivity contribution < 1.29 is 12.9 Å². The molecule has 2 aromatic rings. The largest absolute Gasteiger partial charge is 0.383 e. The molecule has 1 aromatic carbocycles. The predicted molar refractivity (Wildman–Crippen MR) is 98.9 cm³/mol. The van der Waals surface area contributed by atoms with Crippen LogP contribution in [-0.2, 0) is 16.4 Å². The SMILES string of the molecule is Cc1noc(/C=C/N(C)C)c1S(=O)(=O)N(C)CCc1ccc(Cl)cc1. The van der Waals surface area contributed by atoms with E-state index in [0.29, 0.717) is 23.7 Å². The molecule has 0 unspecified atom stereocenters. The molecular formula is C17H22ClN3O3S. The van der Waals surface area contributed by atoms with Crippen LogP contribution in [0, 0.1) is 6.92 Å². The summed E-state index contributed by atoms with van der Waals surface area (Å²) < 4.78 is 32.3. The number of hydrogen-bond acceptors (Lipinski definition) is 5. The maximum absolute atomic E-state index is 12.9. The Morgan fingerprint density at radius 3 is 2.44 bits per heavy atom. The van der Waals surface area contributed by atoms with E-state index >= 15 is 0 Å². The van der Waals surface area contributed by atoms with Crippen LogP contribution in [0.15, 0.2) is 39.9 Å². The maximum Gasteiger partial charge on any atom is 0.248 e. The predicted octanol–water partition coefficient (Wildman–Crippen LogP) is 3.03. The Balaban J connectivity index is 2.20. The van der Waals surface area contributed by atoms with Gasteiger partial charge in [-0.1, -0.05) is 28.9 Å². The van der Waals surface area contributed by atoms with Crippen molar-refractivity contribution in [3.63, 3.8) is 0 Å². The molecule has 0 radical (unpaired) electrons. The van der Waals surface area contributed by atoms with Crippen molar-refractivity contribution in [3.8, 4) is 0 Å². The number of aryl methyl sites for hydroxylation is 1. The van der Waals surface area contributed by atoms with Crippen LogP contribution >= 0.6 is 11.6 Å². The molecule has 6 nitrogen and oxygen atoms in total. The van der Waals surface area contributed by atoms with Crippen LogP contribution in [0.4, 0.5) is 0 Å². The van der Waals surface area contributed by atoms with Crippen molar-refractivity contribution >= 4 is 27.7 Å². The molecule has 0 amide bonds. The molecule has 0 aliphatic rings. The number of aromatic nitrogens is 1. The standard InChI is InChI=1S/C17H22ClN3O3S/c1-13-17(16(24-19-13)10-11-20(2)3)25(22,23)21(4)12-9-14-5-7-15(18)8-6-14/h5-8,10-11H,9,12H2,1-4H3/b11-10+. The van der Waals surface area contributed by atoms with Gasteiger partial charge in [-0.3, -0.25) is 0 Å². The number of sulfonamides is 1. The minimum atomic E-state index is -3.70. The van der Waals surface area contributed by atoms with E-state index < -0.39 is 10.0 Å². The Kier molecular flexibility index (Phi) is 6.26. The van der Waals surface area contributed by atoms with Crippen molar-refractivity contribution in [2.45, 2.75) is 18.2 Å². The summed E-state index contributed by atoms with van der Waals surface area (Å²) in [5.74, 6) is 0.226. The van der Waals surface area contributed by atoms with Crippen LogP contribution in [0.25, 0.3) is 6.08 Å². The van der Waals surface area contributed by atoms with E-state index in [1.807, 2.05) is 26.2 Å². The summed E-state index contributed by atoms with van der Waals surface area (Å²) >= 11 is 5.87. The van der Waals surface area contributed by atoms with Crippen molar-refractivity contribution in [2.75, 3.05) is 27.7 Å². The molecule has 0 bridgehead atoms. The summed E-state index contributed by atoms with van der Waals surface area (Å²) in [6, 6.07) is 7.36. The maximum atomic E-state index is 12.9. The second-order valence-electron chi connectivity index (χ2n) is 5.94. The lowest BCUT2D eigenvalue weighted by Crippen LogP contribution is -2.29. The third-order valence-electron chi connectivity index (χ3n) is 3.65. The summed E-state index contributed by atoms with van der Waals surface area (Å²) in [5, 5.41) is 4.46. The van der Waals surface area contributed by atoms with Gasteiger partial charge in [-0.2, -0.15) is 0 Å². The first-order valence-corrected chi connectivity index (χ1v) is 9.55. The molecule has 0 aliphatic heterocycles. The van der Waals surface area contributed by atoms with Gasteiger partial charge < -0.3 is 9.42 Å². The molecule has 1 heterocycles. The van der Waals surface area contributed by atoms with Gasteiger partial charge in [0.15, 0.2) is 10.7 Å². The minimum Gasteiger partial charge on any atom is -0.383 e. The van der Waals surface area contributed by atoms with Crippen molar-refractivity contribution in [2.24, 2.45) is 0 Å². The Hall–Kier alpha value is -1.83. The van der Waals surface area contributed by atoms with Gasteiger partial charge in [0.25, 0.3) is 0 Å². The molecule has 0 aliphatic carbocycles. The van der Waals surface area contributed by atoms with E-state index in [-0.39, 0.29) is 10.7 Å². The fourth-order valence-electron chi connectivity index (χ4n) is 2.23. The number of nitrogens with zero attached hydrogens (tertiary/aromatic N) is 3. The van der Waals surface area contributed by atoms with Crippen LogP contribution in [-0.4, -0.2) is 50.5 Å². The molecule has 0 spiro atoms. The lowest BCUT2D eigenvalue weighted by molar-refractivity contribution is 0.404. The molecular weight excluding hydrogens is 362 g/mol. The van der Waals surface area contributed by atoms with Gasteiger partial charge in [0.05, 0.1) is 0 Å². The second-order valence-corrected chi connectivity index (χ2v) is 8.36. The quantitative estimate of drug-likeness (QED) is 0.735. The number of hydrogen-bond donors (Lipinski definition) is 0. The molecule has 0 saturated carbocycles. The normalized spacial score (nSPS) is 12.2. The molecule has 0 saturated heterocycles. The summed E-state index contributed by atoms with van der Waals surface area (Å²) in [5.41, 5.74) is 1.36. The van der Waals surface area contributed by atoms with Crippen molar-refractivity contribution in [1.82, 2.24) is 14.4 Å². The van der Waals surface area contributed by atoms with Gasteiger partial charge >= 0.3 is 0 Å². The highest BCUT2D eigenvalue weighted by molar-refractivity contribution is 7.89. The number of likely N-dealkylation sites (N-methyl/N-ethyl adjacent to an activating group) is 1. The van der Waals surface area contributed by atoms with Crippen LogP contribution in [0.3, 0.4) is 0 Å². The summed E-state index contributed by atoms with van der Waals surface area (Å²) in [4.78, 5) is 1.89. The minimum absolute atomic E-state index is 0.101. The highest BCUT2D eigenvalue weighted by Gasteiger charge is 2.29.